The van der Waals surface area contributed by atoms with Crippen molar-refractivity contribution in [2.45, 2.75) is 19.8 Å². The van der Waals surface area contributed by atoms with E-state index in [0.29, 0.717) is 0 Å². The van der Waals surface area contributed by atoms with E-state index in [1.54, 1.807) is 11.3 Å². The van der Waals surface area contributed by atoms with Crippen molar-refractivity contribution in [1.82, 2.24) is 4.98 Å². The monoisotopic (exact) mass is 234 g/mol. The average molecular weight is 235 g/mol. The Hall–Kier alpha value is -0.0900. The second-order valence-corrected chi connectivity index (χ2v) is 3.93. The lowest BCUT2D eigenvalue weighted by atomic mass is 10.3. The molecule has 0 saturated carbocycles. The summed E-state index contributed by atoms with van der Waals surface area (Å²) in [6, 6.07) is 0. The van der Waals surface area contributed by atoms with Crippen molar-refractivity contribution in [3.8, 4) is 0 Å². The zero-order valence-electron chi connectivity index (χ0n) is 6.43. The molecule has 0 fully saturated rings. The molecule has 0 amide bonds. The standard InChI is InChI=1S/C7H11BrN2S/c1-2-3-4-9-7-10-6(8)5-11-7/h5H,2-4H2,1H3,(H,9,10). The Labute approximate surface area is 79.2 Å². The van der Waals surface area contributed by atoms with Crippen LogP contribution in [0, 0.1) is 0 Å². The minimum Gasteiger partial charge on any atom is -0.361 e. The summed E-state index contributed by atoms with van der Waals surface area (Å²) < 4.78 is 0.918. The van der Waals surface area contributed by atoms with Crippen molar-refractivity contribution in [3.05, 3.63) is 9.98 Å². The van der Waals surface area contributed by atoms with Gasteiger partial charge in [0.25, 0.3) is 0 Å². The third-order valence-corrected chi connectivity index (χ3v) is 2.79. The maximum absolute atomic E-state index is 4.21. The van der Waals surface area contributed by atoms with Crippen molar-refractivity contribution in [2.24, 2.45) is 0 Å². The summed E-state index contributed by atoms with van der Waals surface area (Å²) in [5.74, 6) is 0. The van der Waals surface area contributed by atoms with Crippen LogP contribution in [0.3, 0.4) is 0 Å². The molecule has 4 heteroatoms. The first kappa shape index (κ1) is 9.00. The smallest absolute Gasteiger partial charge is 0.183 e. The molecule has 1 heterocycles. The number of hydrogen-bond acceptors (Lipinski definition) is 3. The topological polar surface area (TPSA) is 24.9 Å². The number of nitrogens with one attached hydrogen (secondary N) is 1. The highest BCUT2D eigenvalue weighted by atomic mass is 79.9. The molecule has 0 aliphatic carbocycles. The minimum atomic E-state index is 0.918. The Bertz CT molecular complexity index is 212. The van der Waals surface area contributed by atoms with Crippen molar-refractivity contribution < 1.29 is 0 Å². The first-order valence-corrected chi connectivity index (χ1v) is 5.35. The molecule has 1 N–H and O–H groups in total. The van der Waals surface area contributed by atoms with Gasteiger partial charge >= 0.3 is 0 Å². The molecule has 0 aromatic carbocycles. The SMILES string of the molecule is CCCCNc1nc(Br)cs1. The molecular formula is C7H11BrN2S. The van der Waals surface area contributed by atoms with E-state index in [1.807, 2.05) is 5.38 Å². The molecule has 1 rings (SSSR count). The summed E-state index contributed by atoms with van der Waals surface area (Å²) in [4.78, 5) is 4.21. The van der Waals surface area contributed by atoms with Gasteiger partial charge in [-0.05, 0) is 22.4 Å². The van der Waals surface area contributed by atoms with Gasteiger partial charge in [0.15, 0.2) is 5.13 Å². The van der Waals surface area contributed by atoms with Gasteiger partial charge in [0.05, 0.1) is 0 Å². The van der Waals surface area contributed by atoms with Crippen LogP contribution in [0.2, 0.25) is 0 Å². The molecule has 1 aromatic rings. The number of aromatic nitrogens is 1. The number of hydrogen-bond donors (Lipinski definition) is 1. The molecule has 0 radical (unpaired) electrons. The lowest BCUT2D eigenvalue weighted by Gasteiger charge is -1.98. The number of unbranched alkanes of at least 4 members (excludes halogenated alkanes) is 1. The van der Waals surface area contributed by atoms with E-state index in [9.17, 15) is 0 Å². The fourth-order valence-electron chi connectivity index (χ4n) is 0.707. The fraction of sp³-hybridized carbons (Fsp3) is 0.571. The summed E-state index contributed by atoms with van der Waals surface area (Å²) in [5, 5.41) is 6.23. The Morgan fingerprint density at radius 3 is 3.09 bits per heavy atom. The minimum absolute atomic E-state index is 0.918. The Morgan fingerprint density at radius 2 is 2.55 bits per heavy atom. The van der Waals surface area contributed by atoms with Crippen LogP contribution >= 0.6 is 27.3 Å². The zero-order valence-corrected chi connectivity index (χ0v) is 8.83. The van der Waals surface area contributed by atoms with Gasteiger partial charge in [0.2, 0.25) is 0 Å². The number of rotatable bonds is 4. The molecule has 2 nitrogen and oxygen atoms in total. The Kier molecular flexibility index (Phi) is 3.86. The summed E-state index contributed by atoms with van der Waals surface area (Å²) in [7, 11) is 0. The van der Waals surface area contributed by atoms with E-state index in [4.69, 9.17) is 0 Å². The highest BCUT2D eigenvalue weighted by molar-refractivity contribution is 9.10. The van der Waals surface area contributed by atoms with E-state index in [2.05, 4.69) is 33.2 Å². The Morgan fingerprint density at radius 1 is 1.73 bits per heavy atom. The third kappa shape index (κ3) is 3.20. The van der Waals surface area contributed by atoms with Gasteiger partial charge < -0.3 is 5.32 Å². The van der Waals surface area contributed by atoms with E-state index in [-0.39, 0.29) is 0 Å². The van der Waals surface area contributed by atoms with Gasteiger partial charge in [0.1, 0.15) is 4.60 Å². The third-order valence-electron chi connectivity index (χ3n) is 1.28. The summed E-state index contributed by atoms with van der Waals surface area (Å²) in [6.45, 7) is 3.20. The summed E-state index contributed by atoms with van der Waals surface area (Å²) in [5.41, 5.74) is 0. The molecule has 0 spiro atoms. The van der Waals surface area contributed by atoms with Crippen LogP contribution in [0.15, 0.2) is 9.98 Å². The van der Waals surface area contributed by atoms with Crippen LogP contribution in [0.5, 0.6) is 0 Å². The van der Waals surface area contributed by atoms with Gasteiger partial charge in [-0.25, -0.2) is 4.98 Å². The van der Waals surface area contributed by atoms with Crippen LogP contribution < -0.4 is 5.32 Å². The highest BCUT2D eigenvalue weighted by Gasteiger charge is 1.95. The van der Waals surface area contributed by atoms with E-state index in [0.717, 1.165) is 16.3 Å². The van der Waals surface area contributed by atoms with Crippen LogP contribution in [-0.2, 0) is 0 Å². The number of halogens is 1. The molecule has 0 saturated heterocycles. The van der Waals surface area contributed by atoms with Gasteiger partial charge in [-0.1, -0.05) is 13.3 Å². The van der Waals surface area contributed by atoms with Crippen molar-refractivity contribution >= 4 is 32.4 Å². The van der Waals surface area contributed by atoms with Crippen LogP contribution in [0.4, 0.5) is 5.13 Å². The summed E-state index contributed by atoms with van der Waals surface area (Å²) in [6.07, 6.45) is 2.43. The van der Waals surface area contributed by atoms with E-state index >= 15 is 0 Å². The lowest BCUT2D eigenvalue weighted by molar-refractivity contribution is 0.833. The molecular weight excluding hydrogens is 224 g/mol. The van der Waals surface area contributed by atoms with Crippen molar-refractivity contribution in [3.63, 3.8) is 0 Å². The number of anilines is 1. The maximum atomic E-state index is 4.21. The first-order chi connectivity index (χ1) is 5.33. The zero-order chi connectivity index (χ0) is 8.10. The lowest BCUT2D eigenvalue weighted by Crippen LogP contribution is -1.99. The molecule has 0 aliphatic heterocycles. The molecule has 1 aromatic heterocycles. The van der Waals surface area contributed by atoms with Crippen molar-refractivity contribution in [2.75, 3.05) is 11.9 Å². The highest BCUT2D eigenvalue weighted by Crippen LogP contribution is 2.18. The predicted molar refractivity (Wildman–Crippen MR) is 53.2 cm³/mol. The van der Waals surface area contributed by atoms with Crippen LogP contribution in [0.25, 0.3) is 0 Å². The number of nitrogens with zero attached hydrogens (tertiary/aromatic N) is 1. The molecule has 0 bridgehead atoms. The van der Waals surface area contributed by atoms with Crippen LogP contribution in [-0.4, -0.2) is 11.5 Å². The van der Waals surface area contributed by atoms with Crippen LogP contribution in [0.1, 0.15) is 19.8 Å². The van der Waals surface area contributed by atoms with Gasteiger partial charge in [0, 0.05) is 11.9 Å². The number of thiazole rings is 1. The van der Waals surface area contributed by atoms with Gasteiger partial charge in [-0.3, -0.25) is 0 Å². The average Bonchev–Trinajstić information content (AvgIpc) is 2.37. The van der Waals surface area contributed by atoms with Gasteiger partial charge in [-0.2, -0.15) is 0 Å². The molecule has 0 unspecified atom stereocenters. The quantitative estimate of drug-likeness (QED) is 0.811. The fourth-order valence-corrected chi connectivity index (χ4v) is 1.88. The summed E-state index contributed by atoms with van der Waals surface area (Å²) >= 11 is 4.93. The normalized spacial score (nSPS) is 10.0. The van der Waals surface area contributed by atoms with Crippen molar-refractivity contribution in [1.29, 1.82) is 0 Å². The first-order valence-electron chi connectivity index (χ1n) is 3.68. The van der Waals surface area contributed by atoms with E-state index < -0.39 is 0 Å². The molecule has 0 atom stereocenters. The second-order valence-electron chi connectivity index (χ2n) is 2.26. The maximum Gasteiger partial charge on any atom is 0.183 e. The largest absolute Gasteiger partial charge is 0.361 e. The van der Waals surface area contributed by atoms with E-state index in [1.165, 1.54) is 12.8 Å². The predicted octanol–water partition coefficient (Wildman–Crippen LogP) is 3.12. The molecule has 11 heavy (non-hydrogen) atoms. The second kappa shape index (κ2) is 4.72. The molecule has 62 valence electrons. The molecule has 0 aliphatic rings. The Balaban J connectivity index is 2.27. The van der Waals surface area contributed by atoms with Gasteiger partial charge in [-0.15, -0.1) is 11.3 Å².